The molecule has 0 spiro atoms. The van der Waals surface area contributed by atoms with Crippen LogP contribution in [0.2, 0.25) is 0 Å². The van der Waals surface area contributed by atoms with Gasteiger partial charge in [0.25, 0.3) is 5.91 Å². The first-order valence-electron chi connectivity index (χ1n) is 10.6. The Hall–Kier alpha value is -2.22. The van der Waals surface area contributed by atoms with Gasteiger partial charge in [-0.25, -0.2) is 13.1 Å². The van der Waals surface area contributed by atoms with E-state index in [9.17, 15) is 13.2 Å². The number of benzene rings is 2. The van der Waals surface area contributed by atoms with E-state index in [2.05, 4.69) is 40.8 Å². The number of sulfonamides is 1. The molecule has 4 rings (SSSR count). The van der Waals surface area contributed by atoms with E-state index in [0.717, 1.165) is 38.9 Å². The van der Waals surface area contributed by atoms with E-state index >= 15 is 0 Å². The molecule has 1 aliphatic carbocycles. The SMILES string of the molecule is Cc1ccccc1CN1CCCN(C(=O)c2cccc(S(=O)(=O)NC3CC3)c2)CC1. The fourth-order valence-corrected chi connectivity index (χ4v) is 5.18. The van der Waals surface area contributed by atoms with Crippen LogP contribution in [-0.4, -0.2) is 56.3 Å². The van der Waals surface area contributed by atoms with Crippen LogP contribution in [0, 0.1) is 6.92 Å². The molecule has 2 aromatic rings. The number of hydrogen-bond donors (Lipinski definition) is 1. The molecule has 7 heteroatoms. The molecule has 30 heavy (non-hydrogen) atoms. The zero-order valence-corrected chi connectivity index (χ0v) is 18.2. The Bertz CT molecular complexity index is 1020. The first-order valence-corrected chi connectivity index (χ1v) is 12.1. The highest BCUT2D eigenvalue weighted by Gasteiger charge is 2.29. The molecule has 0 bridgehead atoms. The molecule has 1 aliphatic heterocycles. The fourth-order valence-electron chi connectivity index (χ4n) is 3.83. The highest BCUT2D eigenvalue weighted by molar-refractivity contribution is 7.89. The standard InChI is InChI=1S/C23H29N3O3S/c1-18-6-2-3-7-20(18)17-25-12-5-13-26(15-14-25)23(27)19-8-4-9-22(16-19)30(28,29)24-21-10-11-21/h2-4,6-9,16,21,24H,5,10-15,17H2,1H3. The van der Waals surface area contributed by atoms with E-state index in [0.29, 0.717) is 18.7 Å². The minimum atomic E-state index is -3.57. The Balaban J connectivity index is 1.41. The molecule has 0 aromatic heterocycles. The normalized spacial score (nSPS) is 18.2. The number of hydrogen-bond acceptors (Lipinski definition) is 4. The summed E-state index contributed by atoms with van der Waals surface area (Å²) in [5.41, 5.74) is 3.03. The smallest absolute Gasteiger partial charge is 0.253 e. The number of nitrogens with zero attached hydrogens (tertiary/aromatic N) is 2. The van der Waals surface area contributed by atoms with E-state index in [1.54, 1.807) is 18.2 Å². The molecule has 0 unspecified atom stereocenters. The Morgan fingerprint density at radius 3 is 2.60 bits per heavy atom. The summed E-state index contributed by atoms with van der Waals surface area (Å²) in [5, 5.41) is 0. The number of nitrogens with one attached hydrogen (secondary N) is 1. The van der Waals surface area contributed by atoms with Gasteiger partial charge in [-0.2, -0.15) is 0 Å². The van der Waals surface area contributed by atoms with Crippen molar-refractivity contribution in [2.45, 2.75) is 43.7 Å². The molecule has 160 valence electrons. The molecule has 1 saturated heterocycles. The van der Waals surface area contributed by atoms with Crippen LogP contribution in [0.1, 0.15) is 40.7 Å². The van der Waals surface area contributed by atoms with Crippen LogP contribution in [0.4, 0.5) is 0 Å². The van der Waals surface area contributed by atoms with Gasteiger partial charge in [-0.1, -0.05) is 30.3 Å². The van der Waals surface area contributed by atoms with Gasteiger partial charge < -0.3 is 4.90 Å². The van der Waals surface area contributed by atoms with Crippen LogP contribution in [0.15, 0.2) is 53.4 Å². The Kier molecular flexibility index (Phi) is 6.22. The average molecular weight is 428 g/mol. The van der Waals surface area contributed by atoms with Crippen molar-refractivity contribution in [3.63, 3.8) is 0 Å². The van der Waals surface area contributed by atoms with Gasteiger partial charge in [0.1, 0.15) is 0 Å². The molecule has 2 aliphatic rings. The second-order valence-corrected chi connectivity index (χ2v) is 9.99. The number of carbonyl (C=O) groups is 1. The zero-order valence-electron chi connectivity index (χ0n) is 17.4. The summed E-state index contributed by atoms with van der Waals surface area (Å²) in [6, 6.07) is 14.8. The third kappa shape index (κ3) is 5.09. The molecule has 0 radical (unpaired) electrons. The number of carbonyl (C=O) groups excluding carboxylic acids is 1. The molecular formula is C23H29N3O3S. The molecule has 1 N–H and O–H groups in total. The lowest BCUT2D eigenvalue weighted by Gasteiger charge is -2.23. The maximum absolute atomic E-state index is 13.1. The van der Waals surface area contributed by atoms with E-state index in [1.165, 1.54) is 17.2 Å². The summed E-state index contributed by atoms with van der Waals surface area (Å²) in [6.07, 6.45) is 2.66. The van der Waals surface area contributed by atoms with Crippen LogP contribution in [0.3, 0.4) is 0 Å². The summed E-state index contributed by atoms with van der Waals surface area (Å²) in [4.78, 5) is 17.5. The maximum Gasteiger partial charge on any atom is 0.253 e. The molecule has 2 aromatic carbocycles. The van der Waals surface area contributed by atoms with Crippen molar-refractivity contribution < 1.29 is 13.2 Å². The molecule has 6 nitrogen and oxygen atoms in total. The van der Waals surface area contributed by atoms with Gasteiger partial charge in [-0.3, -0.25) is 9.69 Å². The zero-order chi connectivity index (χ0) is 21.1. The highest BCUT2D eigenvalue weighted by atomic mass is 32.2. The lowest BCUT2D eigenvalue weighted by atomic mass is 10.1. The van der Waals surface area contributed by atoms with Crippen LogP contribution >= 0.6 is 0 Å². The summed E-state index contributed by atoms with van der Waals surface area (Å²) in [7, 11) is -3.57. The molecule has 1 heterocycles. The second-order valence-electron chi connectivity index (χ2n) is 8.27. The first kappa shape index (κ1) is 21.0. The predicted octanol–water partition coefficient (Wildman–Crippen LogP) is 2.78. The van der Waals surface area contributed by atoms with Crippen molar-refractivity contribution in [2.24, 2.45) is 0 Å². The highest BCUT2D eigenvalue weighted by Crippen LogP contribution is 2.23. The Morgan fingerprint density at radius 2 is 1.83 bits per heavy atom. The summed E-state index contributed by atoms with van der Waals surface area (Å²) in [6.45, 7) is 6.08. The summed E-state index contributed by atoms with van der Waals surface area (Å²) < 4.78 is 27.7. The van der Waals surface area contributed by atoms with Crippen molar-refractivity contribution in [1.29, 1.82) is 0 Å². The monoisotopic (exact) mass is 427 g/mol. The van der Waals surface area contributed by atoms with Crippen molar-refractivity contribution in [1.82, 2.24) is 14.5 Å². The van der Waals surface area contributed by atoms with Crippen molar-refractivity contribution in [3.05, 3.63) is 65.2 Å². The van der Waals surface area contributed by atoms with E-state index < -0.39 is 10.0 Å². The third-order valence-corrected chi connectivity index (χ3v) is 7.34. The van der Waals surface area contributed by atoms with Crippen LogP contribution in [0.25, 0.3) is 0 Å². The van der Waals surface area contributed by atoms with Gasteiger partial charge >= 0.3 is 0 Å². The van der Waals surface area contributed by atoms with Gasteiger partial charge in [0.05, 0.1) is 4.90 Å². The van der Waals surface area contributed by atoms with E-state index in [4.69, 9.17) is 0 Å². The molecule has 1 saturated carbocycles. The van der Waals surface area contributed by atoms with Gasteiger partial charge in [0.15, 0.2) is 0 Å². The fraction of sp³-hybridized carbons (Fsp3) is 0.435. The minimum absolute atomic E-state index is 0.0409. The molecule has 1 amide bonds. The number of aryl methyl sites for hydroxylation is 1. The number of rotatable bonds is 6. The minimum Gasteiger partial charge on any atom is -0.337 e. The Labute approximate surface area is 178 Å². The Morgan fingerprint density at radius 1 is 1.03 bits per heavy atom. The van der Waals surface area contributed by atoms with Crippen molar-refractivity contribution in [3.8, 4) is 0 Å². The predicted molar refractivity (Wildman–Crippen MR) is 117 cm³/mol. The van der Waals surface area contributed by atoms with Crippen LogP contribution in [-0.2, 0) is 16.6 Å². The summed E-state index contributed by atoms with van der Waals surface area (Å²) in [5.74, 6) is -0.101. The number of amides is 1. The van der Waals surface area contributed by atoms with E-state index in [1.807, 2.05) is 4.90 Å². The van der Waals surface area contributed by atoms with Gasteiger partial charge in [0, 0.05) is 44.3 Å². The van der Waals surface area contributed by atoms with Crippen LogP contribution < -0.4 is 4.72 Å². The lowest BCUT2D eigenvalue weighted by Crippen LogP contribution is -2.35. The first-order chi connectivity index (χ1) is 14.4. The quantitative estimate of drug-likeness (QED) is 0.770. The lowest BCUT2D eigenvalue weighted by molar-refractivity contribution is 0.0761. The topological polar surface area (TPSA) is 69.7 Å². The molecule has 0 atom stereocenters. The summed E-state index contributed by atoms with van der Waals surface area (Å²) >= 11 is 0. The molecule has 2 fully saturated rings. The van der Waals surface area contributed by atoms with Crippen molar-refractivity contribution in [2.75, 3.05) is 26.2 Å². The largest absolute Gasteiger partial charge is 0.337 e. The van der Waals surface area contributed by atoms with Gasteiger partial charge in [0.2, 0.25) is 10.0 Å². The third-order valence-electron chi connectivity index (χ3n) is 5.82. The van der Waals surface area contributed by atoms with Gasteiger partial charge in [-0.15, -0.1) is 0 Å². The van der Waals surface area contributed by atoms with E-state index in [-0.39, 0.29) is 16.8 Å². The van der Waals surface area contributed by atoms with Crippen LogP contribution in [0.5, 0.6) is 0 Å². The molecular weight excluding hydrogens is 398 g/mol. The van der Waals surface area contributed by atoms with Crippen molar-refractivity contribution >= 4 is 15.9 Å². The average Bonchev–Trinajstić information content (AvgIpc) is 3.56. The van der Waals surface area contributed by atoms with Gasteiger partial charge in [-0.05, 0) is 55.5 Å². The maximum atomic E-state index is 13.1. The second kappa shape index (κ2) is 8.88.